The molecule has 152 valence electrons. The number of likely N-dealkylation sites (tertiary alicyclic amines) is 2. The molecule has 0 aliphatic carbocycles. The van der Waals surface area contributed by atoms with Crippen molar-refractivity contribution in [3.63, 3.8) is 0 Å². The van der Waals surface area contributed by atoms with Crippen LogP contribution in [0.4, 0.5) is 0 Å². The molecule has 7 heteroatoms. The van der Waals surface area contributed by atoms with Crippen molar-refractivity contribution >= 4 is 0 Å². The van der Waals surface area contributed by atoms with Crippen molar-refractivity contribution < 1.29 is 9.26 Å². The second kappa shape index (κ2) is 8.68. The number of hydrogen-bond acceptors (Lipinski definition) is 7. The first-order valence-electron chi connectivity index (χ1n) is 10.4. The summed E-state index contributed by atoms with van der Waals surface area (Å²) in [5.41, 5.74) is 0.800. The lowest BCUT2D eigenvalue weighted by atomic mass is 9.74. The van der Waals surface area contributed by atoms with E-state index in [4.69, 9.17) is 14.2 Å². The molecule has 0 bridgehead atoms. The molecule has 2 aromatic heterocycles. The van der Waals surface area contributed by atoms with Gasteiger partial charge in [0.25, 0.3) is 5.89 Å². The lowest BCUT2D eigenvalue weighted by molar-refractivity contribution is 0.0580. The van der Waals surface area contributed by atoms with E-state index >= 15 is 0 Å². The van der Waals surface area contributed by atoms with Gasteiger partial charge in [-0.3, -0.25) is 4.98 Å². The molecule has 0 spiro atoms. The summed E-state index contributed by atoms with van der Waals surface area (Å²) in [7, 11) is 3.98. The fourth-order valence-corrected chi connectivity index (χ4v) is 4.61. The van der Waals surface area contributed by atoms with Crippen LogP contribution in [0.2, 0.25) is 0 Å². The van der Waals surface area contributed by atoms with Gasteiger partial charge in [-0.05, 0) is 77.5 Å². The number of rotatable bonds is 6. The molecule has 0 amide bonds. The molecule has 7 nitrogen and oxygen atoms in total. The standard InChI is InChI=1S/C21H31N5O2/c1-25-11-5-18(6-12-25)26-13-7-21(8-14-26,9-15-27-2)20-23-19(28-24-20)17-4-3-10-22-16-17/h3-4,10,16,18H,5-9,11-15H2,1-2H3. The highest BCUT2D eigenvalue weighted by Crippen LogP contribution is 2.39. The van der Waals surface area contributed by atoms with Crippen LogP contribution in [-0.2, 0) is 10.2 Å². The van der Waals surface area contributed by atoms with Gasteiger partial charge in [-0.25, -0.2) is 0 Å². The number of pyridine rings is 1. The number of aromatic nitrogens is 3. The largest absolute Gasteiger partial charge is 0.385 e. The predicted octanol–water partition coefficient (Wildman–Crippen LogP) is 2.60. The van der Waals surface area contributed by atoms with Crippen molar-refractivity contribution in [3.8, 4) is 11.5 Å². The normalized spacial score (nSPS) is 21.8. The molecule has 28 heavy (non-hydrogen) atoms. The summed E-state index contributed by atoms with van der Waals surface area (Å²) < 4.78 is 11.0. The maximum absolute atomic E-state index is 5.60. The fourth-order valence-electron chi connectivity index (χ4n) is 4.61. The van der Waals surface area contributed by atoms with E-state index in [-0.39, 0.29) is 5.41 Å². The molecule has 0 aromatic carbocycles. The van der Waals surface area contributed by atoms with E-state index in [2.05, 4.69) is 27.0 Å². The van der Waals surface area contributed by atoms with E-state index in [0.29, 0.717) is 18.5 Å². The first-order valence-corrected chi connectivity index (χ1v) is 10.4. The van der Waals surface area contributed by atoms with E-state index in [0.717, 1.165) is 43.7 Å². The molecule has 2 aliphatic heterocycles. The van der Waals surface area contributed by atoms with E-state index in [1.165, 1.54) is 25.9 Å². The minimum Gasteiger partial charge on any atom is -0.385 e. The lowest BCUT2D eigenvalue weighted by Gasteiger charge is -2.45. The third-order valence-electron chi connectivity index (χ3n) is 6.55. The predicted molar refractivity (Wildman–Crippen MR) is 107 cm³/mol. The van der Waals surface area contributed by atoms with Gasteiger partial charge in [0.05, 0.1) is 5.56 Å². The summed E-state index contributed by atoms with van der Waals surface area (Å²) in [6.45, 7) is 5.30. The molecule has 2 fully saturated rings. The maximum Gasteiger partial charge on any atom is 0.259 e. The Hall–Kier alpha value is -1.83. The zero-order valence-electron chi connectivity index (χ0n) is 17.0. The molecule has 2 aromatic rings. The Bertz CT molecular complexity index is 734. The van der Waals surface area contributed by atoms with E-state index in [1.807, 2.05) is 12.1 Å². The molecular formula is C21H31N5O2. The first-order chi connectivity index (χ1) is 13.7. The third-order valence-corrected chi connectivity index (χ3v) is 6.55. The van der Waals surface area contributed by atoms with E-state index < -0.39 is 0 Å². The number of methoxy groups -OCH3 is 1. The average molecular weight is 386 g/mol. The van der Waals surface area contributed by atoms with Crippen molar-refractivity contribution in [2.75, 3.05) is 46.9 Å². The Morgan fingerprint density at radius 3 is 2.68 bits per heavy atom. The van der Waals surface area contributed by atoms with Crippen LogP contribution >= 0.6 is 0 Å². The Labute approximate surface area is 167 Å². The molecule has 0 atom stereocenters. The van der Waals surface area contributed by atoms with Crippen LogP contribution in [-0.4, -0.2) is 77.9 Å². The van der Waals surface area contributed by atoms with Gasteiger partial charge in [0.2, 0.25) is 0 Å². The Morgan fingerprint density at radius 1 is 1.21 bits per heavy atom. The van der Waals surface area contributed by atoms with Crippen LogP contribution in [0.3, 0.4) is 0 Å². The highest BCUT2D eigenvalue weighted by Gasteiger charge is 2.41. The smallest absolute Gasteiger partial charge is 0.259 e. The summed E-state index contributed by atoms with van der Waals surface area (Å²) in [4.78, 5) is 14.1. The molecule has 0 saturated carbocycles. The van der Waals surface area contributed by atoms with E-state index in [9.17, 15) is 0 Å². The average Bonchev–Trinajstić information content (AvgIpc) is 3.25. The number of ether oxygens (including phenoxy) is 1. The zero-order valence-corrected chi connectivity index (χ0v) is 17.0. The van der Waals surface area contributed by atoms with Crippen molar-refractivity contribution in [2.24, 2.45) is 0 Å². The van der Waals surface area contributed by atoms with Crippen molar-refractivity contribution in [1.29, 1.82) is 0 Å². The molecule has 4 heterocycles. The van der Waals surface area contributed by atoms with Gasteiger partial charge in [0.1, 0.15) is 0 Å². The minimum atomic E-state index is -0.0675. The summed E-state index contributed by atoms with van der Waals surface area (Å²) in [6, 6.07) is 4.56. The van der Waals surface area contributed by atoms with Crippen molar-refractivity contribution in [1.82, 2.24) is 24.9 Å². The summed E-state index contributed by atoms with van der Waals surface area (Å²) in [5.74, 6) is 1.38. The molecule has 2 saturated heterocycles. The molecule has 0 N–H and O–H groups in total. The first kappa shape index (κ1) is 19.5. The molecule has 0 radical (unpaired) electrons. The topological polar surface area (TPSA) is 67.5 Å². The molecule has 4 rings (SSSR count). The van der Waals surface area contributed by atoms with Gasteiger partial charge in [0, 0.05) is 37.6 Å². The molecule has 2 aliphatic rings. The summed E-state index contributed by atoms with van der Waals surface area (Å²) in [6.07, 6.45) is 9.09. The minimum absolute atomic E-state index is 0.0675. The number of nitrogens with zero attached hydrogens (tertiary/aromatic N) is 5. The van der Waals surface area contributed by atoms with Gasteiger partial charge in [0.15, 0.2) is 5.82 Å². The third kappa shape index (κ3) is 4.11. The Kier molecular flexibility index (Phi) is 6.04. The van der Waals surface area contributed by atoms with Crippen molar-refractivity contribution in [2.45, 2.75) is 43.6 Å². The van der Waals surface area contributed by atoms with Crippen LogP contribution < -0.4 is 0 Å². The quantitative estimate of drug-likeness (QED) is 0.757. The van der Waals surface area contributed by atoms with Crippen molar-refractivity contribution in [3.05, 3.63) is 30.4 Å². The monoisotopic (exact) mass is 385 g/mol. The second-order valence-electron chi connectivity index (χ2n) is 8.26. The van der Waals surface area contributed by atoms with Crippen LogP contribution in [0.1, 0.15) is 37.9 Å². The van der Waals surface area contributed by atoms with Gasteiger partial charge < -0.3 is 19.1 Å². The van der Waals surface area contributed by atoms with Crippen LogP contribution in [0.5, 0.6) is 0 Å². The zero-order chi connectivity index (χ0) is 19.4. The van der Waals surface area contributed by atoms with Gasteiger partial charge in [-0.1, -0.05) is 5.16 Å². The van der Waals surface area contributed by atoms with Gasteiger partial charge in [-0.15, -0.1) is 0 Å². The molecule has 0 unspecified atom stereocenters. The van der Waals surface area contributed by atoms with Crippen LogP contribution in [0.15, 0.2) is 29.0 Å². The van der Waals surface area contributed by atoms with Crippen LogP contribution in [0, 0.1) is 0 Å². The SMILES string of the molecule is COCCC1(c2noc(-c3cccnc3)n2)CCN(C2CCN(C)CC2)CC1. The van der Waals surface area contributed by atoms with Crippen LogP contribution in [0.25, 0.3) is 11.5 Å². The number of piperidine rings is 2. The summed E-state index contributed by atoms with van der Waals surface area (Å²) >= 11 is 0. The maximum atomic E-state index is 5.60. The molecular weight excluding hydrogens is 354 g/mol. The highest BCUT2D eigenvalue weighted by atomic mass is 16.5. The Balaban J connectivity index is 1.48. The highest BCUT2D eigenvalue weighted by molar-refractivity contribution is 5.50. The number of hydrogen-bond donors (Lipinski definition) is 0. The second-order valence-corrected chi connectivity index (χ2v) is 8.26. The fraction of sp³-hybridized carbons (Fsp3) is 0.667. The van der Waals surface area contributed by atoms with E-state index in [1.54, 1.807) is 19.5 Å². The van der Waals surface area contributed by atoms with Gasteiger partial charge >= 0.3 is 0 Å². The Morgan fingerprint density at radius 2 is 2.00 bits per heavy atom. The summed E-state index contributed by atoms with van der Waals surface area (Å²) in [5, 5.41) is 4.39. The lowest BCUT2D eigenvalue weighted by Crippen LogP contribution is -2.50. The van der Waals surface area contributed by atoms with Gasteiger partial charge in [-0.2, -0.15) is 4.98 Å².